The predicted octanol–water partition coefficient (Wildman–Crippen LogP) is 4.61. The van der Waals surface area contributed by atoms with Gasteiger partial charge in [0.15, 0.2) is 0 Å². The van der Waals surface area contributed by atoms with Crippen LogP contribution in [0.5, 0.6) is 0 Å². The van der Waals surface area contributed by atoms with Crippen molar-refractivity contribution in [1.29, 1.82) is 0 Å². The summed E-state index contributed by atoms with van der Waals surface area (Å²) >= 11 is 0. The Bertz CT molecular complexity index is 797. The van der Waals surface area contributed by atoms with Crippen molar-refractivity contribution in [3.8, 4) is 0 Å². The molecule has 4 nitrogen and oxygen atoms in total. The molecule has 0 spiro atoms. The van der Waals surface area contributed by atoms with Gasteiger partial charge < -0.3 is 13.9 Å². The summed E-state index contributed by atoms with van der Waals surface area (Å²) in [5.41, 5.74) is 1.58. The van der Waals surface area contributed by atoms with Crippen LogP contribution in [-0.2, 0) is 25.2 Å². The van der Waals surface area contributed by atoms with Gasteiger partial charge in [0.1, 0.15) is 22.9 Å². The molecule has 2 aromatic heterocycles. The maximum absolute atomic E-state index is 10.1. The molecule has 0 saturated carbocycles. The molecule has 2 heterocycles. The fraction of sp³-hybridized carbons (Fsp3) is 0.333. The third-order valence-electron chi connectivity index (χ3n) is 4.26. The first-order valence-corrected chi connectivity index (χ1v) is 8.52. The number of furan rings is 2. The topological polar surface area (TPSA) is 49.8 Å². The quantitative estimate of drug-likeness (QED) is 0.683. The molecule has 1 aromatic carbocycles. The minimum atomic E-state index is -0.972. The van der Waals surface area contributed by atoms with Crippen molar-refractivity contribution in [3.63, 3.8) is 0 Å². The second-order valence-corrected chi connectivity index (χ2v) is 6.98. The summed E-state index contributed by atoms with van der Waals surface area (Å²) in [7, 11) is 0. The van der Waals surface area contributed by atoms with Gasteiger partial charge in [-0.3, -0.25) is 4.90 Å². The highest BCUT2D eigenvalue weighted by atomic mass is 16.4. The van der Waals surface area contributed by atoms with E-state index in [1.165, 1.54) is 11.1 Å². The summed E-state index contributed by atoms with van der Waals surface area (Å²) in [6.45, 7) is 7.71. The van der Waals surface area contributed by atoms with Crippen molar-refractivity contribution in [1.82, 2.24) is 4.90 Å². The second-order valence-electron chi connectivity index (χ2n) is 6.98. The molecular weight excluding hydrogens is 314 g/mol. The fourth-order valence-electron chi connectivity index (χ4n) is 2.83. The zero-order valence-corrected chi connectivity index (χ0v) is 15.0. The van der Waals surface area contributed by atoms with Gasteiger partial charge in [-0.15, -0.1) is 0 Å². The first-order valence-electron chi connectivity index (χ1n) is 8.52. The first kappa shape index (κ1) is 17.5. The Labute approximate surface area is 148 Å². The van der Waals surface area contributed by atoms with Crippen molar-refractivity contribution in [2.75, 3.05) is 0 Å². The van der Waals surface area contributed by atoms with E-state index >= 15 is 0 Å². The van der Waals surface area contributed by atoms with Crippen LogP contribution in [0.15, 0.2) is 63.6 Å². The molecule has 0 saturated heterocycles. The fourth-order valence-corrected chi connectivity index (χ4v) is 2.83. The molecule has 3 rings (SSSR count). The average Bonchev–Trinajstić information content (AvgIpc) is 3.21. The van der Waals surface area contributed by atoms with E-state index < -0.39 is 5.60 Å². The van der Waals surface area contributed by atoms with E-state index in [0.29, 0.717) is 18.8 Å². The molecule has 0 aliphatic carbocycles. The van der Waals surface area contributed by atoms with Gasteiger partial charge in [-0.1, -0.05) is 24.3 Å². The lowest BCUT2D eigenvalue weighted by molar-refractivity contribution is 0.0514. The molecule has 25 heavy (non-hydrogen) atoms. The number of benzene rings is 1. The Morgan fingerprint density at radius 2 is 1.68 bits per heavy atom. The van der Waals surface area contributed by atoms with Gasteiger partial charge in [-0.25, -0.2) is 0 Å². The molecule has 0 fully saturated rings. The largest absolute Gasteiger partial charge is 0.468 e. The molecule has 0 atom stereocenters. The summed E-state index contributed by atoms with van der Waals surface area (Å²) in [6.07, 6.45) is 1.69. The van der Waals surface area contributed by atoms with Crippen molar-refractivity contribution in [2.24, 2.45) is 0 Å². The smallest absolute Gasteiger partial charge is 0.135 e. The van der Waals surface area contributed by atoms with E-state index in [4.69, 9.17) is 8.83 Å². The van der Waals surface area contributed by atoms with E-state index in [2.05, 4.69) is 36.1 Å². The highest BCUT2D eigenvalue weighted by Gasteiger charge is 2.21. The third kappa shape index (κ3) is 4.62. The number of aryl methyl sites for hydroxylation is 1. The van der Waals surface area contributed by atoms with Crippen LogP contribution in [-0.4, -0.2) is 10.0 Å². The predicted molar refractivity (Wildman–Crippen MR) is 96.8 cm³/mol. The maximum atomic E-state index is 10.1. The van der Waals surface area contributed by atoms with Gasteiger partial charge in [0.05, 0.1) is 19.4 Å². The van der Waals surface area contributed by atoms with Crippen LogP contribution in [0.1, 0.15) is 42.3 Å². The van der Waals surface area contributed by atoms with E-state index in [9.17, 15) is 5.11 Å². The zero-order valence-electron chi connectivity index (χ0n) is 15.0. The van der Waals surface area contributed by atoms with E-state index in [1.54, 1.807) is 20.1 Å². The second kappa shape index (κ2) is 7.30. The van der Waals surface area contributed by atoms with E-state index in [-0.39, 0.29) is 0 Å². The molecule has 0 bridgehead atoms. The van der Waals surface area contributed by atoms with Crippen molar-refractivity contribution in [3.05, 3.63) is 83.2 Å². The lowest BCUT2D eigenvalue weighted by Gasteiger charge is -2.21. The van der Waals surface area contributed by atoms with Gasteiger partial charge in [0, 0.05) is 6.54 Å². The van der Waals surface area contributed by atoms with Gasteiger partial charge in [-0.05, 0) is 56.2 Å². The molecule has 0 unspecified atom stereocenters. The minimum Gasteiger partial charge on any atom is -0.468 e. The Morgan fingerprint density at radius 1 is 0.920 bits per heavy atom. The van der Waals surface area contributed by atoms with Crippen molar-refractivity contribution in [2.45, 2.75) is 46.0 Å². The summed E-state index contributed by atoms with van der Waals surface area (Å²) in [6, 6.07) is 16.0. The summed E-state index contributed by atoms with van der Waals surface area (Å²) in [5.74, 6) is 2.33. The molecule has 0 aliphatic heterocycles. The van der Waals surface area contributed by atoms with Crippen molar-refractivity contribution >= 4 is 0 Å². The van der Waals surface area contributed by atoms with Crippen LogP contribution < -0.4 is 0 Å². The zero-order chi connectivity index (χ0) is 17.9. The number of rotatable bonds is 7. The van der Waals surface area contributed by atoms with E-state index in [0.717, 1.165) is 18.1 Å². The number of aliphatic hydroxyl groups is 1. The Kier molecular flexibility index (Phi) is 5.11. The molecule has 3 aromatic rings. The number of nitrogens with zero attached hydrogens (tertiary/aromatic N) is 1. The molecule has 132 valence electrons. The lowest BCUT2D eigenvalue weighted by atomic mass is 10.1. The maximum Gasteiger partial charge on any atom is 0.135 e. The summed E-state index contributed by atoms with van der Waals surface area (Å²) in [5, 5.41) is 10.1. The lowest BCUT2D eigenvalue weighted by Crippen LogP contribution is -2.22. The van der Waals surface area contributed by atoms with Gasteiger partial charge >= 0.3 is 0 Å². The molecule has 1 N–H and O–H groups in total. The minimum absolute atomic E-state index is 0.580. The van der Waals surface area contributed by atoms with Crippen LogP contribution in [0.2, 0.25) is 0 Å². The molecular formula is C21H25NO3. The molecule has 0 radical (unpaired) electrons. The molecule has 0 amide bonds. The van der Waals surface area contributed by atoms with Crippen molar-refractivity contribution < 1.29 is 13.9 Å². The Hall–Kier alpha value is -2.30. The SMILES string of the molecule is Cc1ccccc1CN(Cc1ccco1)Cc1ccc(C(C)(C)O)o1. The van der Waals surface area contributed by atoms with Gasteiger partial charge in [-0.2, -0.15) is 0 Å². The number of hydrogen-bond acceptors (Lipinski definition) is 4. The van der Waals surface area contributed by atoms with Crippen LogP contribution in [0.3, 0.4) is 0 Å². The normalized spacial score (nSPS) is 12.0. The summed E-state index contributed by atoms with van der Waals surface area (Å²) < 4.78 is 11.4. The van der Waals surface area contributed by atoms with E-state index in [1.807, 2.05) is 24.3 Å². The summed E-state index contributed by atoms with van der Waals surface area (Å²) in [4.78, 5) is 2.27. The molecule has 0 aliphatic rings. The Balaban J connectivity index is 1.78. The van der Waals surface area contributed by atoms with Gasteiger partial charge in [0.25, 0.3) is 0 Å². The van der Waals surface area contributed by atoms with Crippen LogP contribution in [0.4, 0.5) is 0 Å². The highest BCUT2D eigenvalue weighted by Crippen LogP contribution is 2.24. The third-order valence-corrected chi connectivity index (χ3v) is 4.26. The van der Waals surface area contributed by atoms with Gasteiger partial charge in [0.2, 0.25) is 0 Å². The first-order chi connectivity index (χ1) is 11.9. The van der Waals surface area contributed by atoms with Crippen LogP contribution >= 0.6 is 0 Å². The molecule has 4 heteroatoms. The Morgan fingerprint density at radius 3 is 2.32 bits per heavy atom. The van der Waals surface area contributed by atoms with Crippen LogP contribution in [0, 0.1) is 6.92 Å². The standard InChI is InChI=1S/C21H25NO3/c1-16-7-4-5-8-17(16)13-22(14-18-9-6-12-24-18)15-19-10-11-20(25-19)21(2,3)23/h4-12,23H,13-15H2,1-3H3. The number of hydrogen-bond donors (Lipinski definition) is 1. The average molecular weight is 339 g/mol. The monoisotopic (exact) mass is 339 g/mol. The van der Waals surface area contributed by atoms with Crippen LogP contribution in [0.25, 0.3) is 0 Å². The highest BCUT2D eigenvalue weighted by molar-refractivity contribution is 5.25.